The van der Waals surface area contributed by atoms with Crippen LogP contribution in [-0.2, 0) is 11.3 Å². The highest BCUT2D eigenvalue weighted by Crippen LogP contribution is 2.17. The number of hydrogen-bond acceptors (Lipinski definition) is 3. The first-order chi connectivity index (χ1) is 7.76. The van der Waals surface area contributed by atoms with Gasteiger partial charge in [0.25, 0.3) is 0 Å². The van der Waals surface area contributed by atoms with E-state index in [2.05, 4.69) is 25.7 Å². The lowest BCUT2D eigenvalue weighted by atomic mass is 10.2. The standard InChI is InChI=1S/C13H18O2S/c1-3-5-11(2)15-10-13-8-7-12(16-13)6-4-9-14/h7-8,11,14H,3,5,9-10H2,1-2H3. The summed E-state index contributed by atoms with van der Waals surface area (Å²) in [6, 6.07) is 4.00. The molecule has 88 valence electrons. The van der Waals surface area contributed by atoms with Crippen molar-refractivity contribution >= 4 is 11.3 Å². The molecule has 0 aromatic carbocycles. The Balaban J connectivity index is 2.40. The van der Waals surface area contributed by atoms with E-state index < -0.39 is 0 Å². The van der Waals surface area contributed by atoms with Crippen molar-refractivity contribution in [3.63, 3.8) is 0 Å². The van der Waals surface area contributed by atoms with Crippen LogP contribution in [0.1, 0.15) is 36.4 Å². The van der Waals surface area contributed by atoms with Gasteiger partial charge in [-0.05, 0) is 25.5 Å². The fourth-order valence-corrected chi connectivity index (χ4v) is 2.17. The van der Waals surface area contributed by atoms with E-state index in [1.165, 1.54) is 4.88 Å². The van der Waals surface area contributed by atoms with Crippen molar-refractivity contribution in [3.05, 3.63) is 21.9 Å². The van der Waals surface area contributed by atoms with Crippen molar-refractivity contribution in [1.82, 2.24) is 0 Å². The normalized spacial score (nSPS) is 11.9. The zero-order valence-corrected chi connectivity index (χ0v) is 10.6. The summed E-state index contributed by atoms with van der Waals surface area (Å²) < 4.78 is 5.70. The van der Waals surface area contributed by atoms with Crippen LogP contribution < -0.4 is 0 Å². The molecule has 1 atom stereocenters. The summed E-state index contributed by atoms with van der Waals surface area (Å²) in [7, 11) is 0. The molecule has 0 fully saturated rings. The van der Waals surface area contributed by atoms with Gasteiger partial charge in [0.2, 0.25) is 0 Å². The molecule has 0 amide bonds. The van der Waals surface area contributed by atoms with Crippen molar-refractivity contribution in [2.45, 2.75) is 39.4 Å². The minimum Gasteiger partial charge on any atom is -0.384 e. The molecule has 1 heterocycles. The maximum atomic E-state index is 8.58. The van der Waals surface area contributed by atoms with E-state index in [0.717, 1.165) is 17.7 Å². The lowest BCUT2D eigenvalue weighted by Crippen LogP contribution is -2.06. The van der Waals surface area contributed by atoms with E-state index in [9.17, 15) is 0 Å². The Labute approximate surface area is 101 Å². The molecule has 0 spiro atoms. The fourth-order valence-electron chi connectivity index (χ4n) is 1.36. The predicted octanol–water partition coefficient (Wildman–Crippen LogP) is 2.80. The third-order valence-electron chi connectivity index (χ3n) is 2.16. The molecule has 1 unspecified atom stereocenters. The third-order valence-corrected chi connectivity index (χ3v) is 3.13. The summed E-state index contributed by atoms with van der Waals surface area (Å²) in [5.74, 6) is 5.53. The fraction of sp³-hybridized carbons (Fsp3) is 0.538. The second kappa shape index (κ2) is 7.45. The summed E-state index contributed by atoms with van der Waals surface area (Å²) in [6.45, 7) is 4.83. The molecular formula is C13H18O2S. The minimum atomic E-state index is -0.0860. The number of aliphatic hydroxyl groups excluding tert-OH is 1. The Morgan fingerprint density at radius 2 is 2.31 bits per heavy atom. The smallest absolute Gasteiger partial charge is 0.104 e. The van der Waals surface area contributed by atoms with E-state index >= 15 is 0 Å². The molecular weight excluding hydrogens is 220 g/mol. The first-order valence-electron chi connectivity index (χ1n) is 5.56. The number of aliphatic hydroxyl groups is 1. The highest BCUT2D eigenvalue weighted by atomic mass is 32.1. The maximum absolute atomic E-state index is 8.58. The van der Waals surface area contributed by atoms with Crippen molar-refractivity contribution < 1.29 is 9.84 Å². The van der Waals surface area contributed by atoms with Gasteiger partial charge in [0.1, 0.15) is 6.61 Å². The van der Waals surface area contributed by atoms with Crippen molar-refractivity contribution in [2.24, 2.45) is 0 Å². The van der Waals surface area contributed by atoms with Crippen LogP contribution in [0, 0.1) is 11.8 Å². The number of ether oxygens (including phenoxy) is 1. The molecule has 0 radical (unpaired) electrons. The summed E-state index contributed by atoms with van der Waals surface area (Å²) in [6.07, 6.45) is 2.57. The van der Waals surface area contributed by atoms with Gasteiger partial charge < -0.3 is 9.84 Å². The van der Waals surface area contributed by atoms with Gasteiger partial charge in [-0.25, -0.2) is 0 Å². The third kappa shape index (κ3) is 4.80. The summed E-state index contributed by atoms with van der Waals surface area (Å²) >= 11 is 1.62. The first-order valence-corrected chi connectivity index (χ1v) is 6.38. The molecule has 1 aromatic rings. The van der Waals surface area contributed by atoms with Crippen molar-refractivity contribution in [1.29, 1.82) is 0 Å². The molecule has 16 heavy (non-hydrogen) atoms. The van der Waals surface area contributed by atoms with Crippen LogP contribution in [0.3, 0.4) is 0 Å². The molecule has 0 saturated heterocycles. The Bertz CT molecular complexity index is 359. The van der Waals surface area contributed by atoms with Crippen LogP contribution in [-0.4, -0.2) is 17.8 Å². The quantitative estimate of drug-likeness (QED) is 0.799. The molecule has 0 aliphatic heterocycles. The largest absolute Gasteiger partial charge is 0.384 e. The predicted molar refractivity (Wildman–Crippen MR) is 67.4 cm³/mol. The van der Waals surface area contributed by atoms with E-state index in [4.69, 9.17) is 9.84 Å². The first kappa shape index (κ1) is 13.2. The highest BCUT2D eigenvalue weighted by Gasteiger charge is 2.03. The number of rotatable bonds is 5. The van der Waals surface area contributed by atoms with Gasteiger partial charge in [0.15, 0.2) is 0 Å². The van der Waals surface area contributed by atoms with Gasteiger partial charge in [0, 0.05) is 4.88 Å². The van der Waals surface area contributed by atoms with Gasteiger partial charge in [-0.15, -0.1) is 11.3 Å². The molecule has 1 N–H and O–H groups in total. The second-order valence-electron chi connectivity index (χ2n) is 3.64. The molecule has 0 saturated carbocycles. The Kier molecular flexibility index (Phi) is 6.17. The van der Waals surface area contributed by atoms with E-state index in [1.807, 2.05) is 12.1 Å². The van der Waals surface area contributed by atoms with Crippen molar-refractivity contribution in [2.75, 3.05) is 6.61 Å². The van der Waals surface area contributed by atoms with Gasteiger partial charge in [-0.1, -0.05) is 25.2 Å². The van der Waals surface area contributed by atoms with Crippen LogP contribution in [0.15, 0.2) is 12.1 Å². The topological polar surface area (TPSA) is 29.5 Å². The SMILES string of the molecule is CCCC(C)OCc1ccc(C#CCO)s1. The van der Waals surface area contributed by atoms with E-state index in [0.29, 0.717) is 12.7 Å². The van der Waals surface area contributed by atoms with Gasteiger partial charge in [-0.3, -0.25) is 0 Å². The van der Waals surface area contributed by atoms with Crippen LogP contribution in [0.2, 0.25) is 0 Å². The Hall–Kier alpha value is -0.820. The van der Waals surface area contributed by atoms with Crippen molar-refractivity contribution in [3.8, 4) is 11.8 Å². The molecule has 0 aliphatic rings. The average Bonchev–Trinajstić information content (AvgIpc) is 2.72. The van der Waals surface area contributed by atoms with Crippen LogP contribution in [0.5, 0.6) is 0 Å². The number of hydrogen-bond donors (Lipinski definition) is 1. The van der Waals surface area contributed by atoms with E-state index in [-0.39, 0.29) is 6.61 Å². The maximum Gasteiger partial charge on any atom is 0.104 e. The Morgan fingerprint density at radius 1 is 1.50 bits per heavy atom. The van der Waals surface area contributed by atoms with Crippen LogP contribution >= 0.6 is 11.3 Å². The summed E-state index contributed by atoms with van der Waals surface area (Å²) in [5.41, 5.74) is 0. The summed E-state index contributed by atoms with van der Waals surface area (Å²) in [4.78, 5) is 2.17. The lowest BCUT2D eigenvalue weighted by Gasteiger charge is -2.10. The van der Waals surface area contributed by atoms with Crippen LogP contribution in [0.25, 0.3) is 0 Å². The van der Waals surface area contributed by atoms with Gasteiger partial charge >= 0.3 is 0 Å². The van der Waals surface area contributed by atoms with E-state index in [1.54, 1.807) is 11.3 Å². The summed E-state index contributed by atoms with van der Waals surface area (Å²) in [5, 5.41) is 8.58. The highest BCUT2D eigenvalue weighted by molar-refractivity contribution is 7.12. The average molecular weight is 238 g/mol. The lowest BCUT2D eigenvalue weighted by molar-refractivity contribution is 0.0488. The zero-order valence-electron chi connectivity index (χ0n) is 9.82. The molecule has 3 heteroatoms. The number of thiophene rings is 1. The molecule has 1 rings (SSSR count). The monoisotopic (exact) mass is 238 g/mol. The Morgan fingerprint density at radius 3 is 3.00 bits per heavy atom. The molecule has 1 aromatic heterocycles. The molecule has 0 bridgehead atoms. The molecule has 2 nitrogen and oxygen atoms in total. The van der Waals surface area contributed by atoms with Gasteiger partial charge in [-0.2, -0.15) is 0 Å². The second-order valence-corrected chi connectivity index (χ2v) is 4.80. The zero-order chi connectivity index (χ0) is 11.8. The minimum absolute atomic E-state index is 0.0860. The molecule has 0 aliphatic carbocycles. The van der Waals surface area contributed by atoms with Crippen LogP contribution in [0.4, 0.5) is 0 Å². The van der Waals surface area contributed by atoms with Gasteiger partial charge in [0.05, 0.1) is 17.6 Å².